The van der Waals surface area contributed by atoms with E-state index in [9.17, 15) is 23.2 Å². The number of carbonyl (C=O) groups is 3. The fourth-order valence-electron chi connectivity index (χ4n) is 4.63. The summed E-state index contributed by atoms with van der Waals surface area (Å²) in [6.07, 6.45) is 1.49. The molecule has 1 atom stereocenters. The summed E-state index contributed by atoms with van der Waals surface area (Å²) in [7, 11) is 0. The molecule has 1 fully saturated rings. The van der Waals surface area contributed by atoms with Crippen molar-refractivity contribution in [2.75, 3.05) is 24.6 Å². The number of hydrogen-bond acceptors (Lipinski definition) is 4. The van der Waals surface area contributed by atoms with E-state index in [1.54, 1.807) is 36.1 Å². The number of nitrogens with zero attached hydrogens (tertiary/aromatic N) is 2. The van der Waals surface area contributed by atoms with Crippen LogP contribution in [0.4, 0.5) is 14.5 Å². The number of rotatable bonds is 8. The molecular weight excluding hydrogens is 490 g/mol. The minimum absolute atomic E-state index is 0.0850. The van der Waals surface area contributed by atoms with Crippen LogP contribution in [-0.4, -0.2) is 42.4 Å². The molecule has 0 aromatic heterocycles. The van der Waals surface area contributed by atoms with Crippen molar-refractivity contribution in [1.82, 2.24) is 4.90 Å². The molecule has 4 rings (SSSR count). The molecule has 38 heavy (non-hydrogen) atoms. The monoisotopic (exact) mass is 520 g/mol. The average Bonchev–Trinajstić information content (AvgIpc) is 2.92. The van der Waals surface area contributed by atoms with Crippen molar-refractivity contribution >= 4 is 23.5 Å². The van der Waals surface area contributed by atoms with Gasteiger partial charge in [-0.15, -0.1) is 0 Å². The van der Waals surface area contributed by atoms with Gasteiger partial charge >= 0.3 is 5.97 Å². The Morgan fingerprint density at radius 3 is 2.47 bits per heavy atom. The molecule has 1 heterocycles. The fraction of sp³-hybridized carbons (Fsp3) is 0.300. The molecule has 1 aliphatic heterocycles. The number of halogens is 2. The molecule has 3 aromatic rings. The number of amides is 2. The first-order chi connectivity index (χ1) is 18.4. The van der Waals surface area contributed by atoms with Crippen molar-refractivity contribution in [2.24, 2.45) is 5.92 Å². The van der Waals surface area contributed by atoms with Crippen molar-refractivity contribution in [3.8, 4) is 0 Å². The molecule has 3 aromatic carbocycles. The number of piperidine rings is 1. The van der Waals surface area contributed by atoms with Crippen LogP contribution >= 0.6 is 0 Å². The highest BCUT2D eigenvalue weighted by atomic mass is 19.1. The SMILES string of the molecule is CCOC(=O)C1CCCN(C(=O)Cc2cccc(N(Cc3ccccc3)C(=O)c3ccc(F)cc3F)c2)C1. The summed E-state index contributed by atoms with van der Waals surface area (Å²) in [6, 6.07) is 19.1. The van der Waals surface area contributed by atoms with Crippen LogP contribution in [0.3, 0.4) is 0 Å². The van der Waals surface area contributed by atoms with E-state index in [2.05, 4.69) is 0 Å². The Morgan fingerprint density at radius 2 is 1.74 bits per heavy atom. The van der Waals surface area contributed by atoms with Crippen LogP contribution in [-0.2, 0) is 27.3 Å². The van der Waals surface area contributed by atoms with Gasteiger partial charge in [-0.25, -0.2) is 8.78 Å². The minimum Gasteiger partial charge on any atom is -0.466 e. The van der Waals surface area contributed by atoms with E-state index in [4.69, 9.17) is 4.74 Å². The van der Waals surface area contributed by atoms with Crippen LogP contribution in [0.1, 0.15) is 41.3 Å². The lowest BCUT2D eigenvalue weighted by Crippen LogP contribution is -2.43. The molecule has 0 bridgehead atoms. The Morgan fingerprint density at radius 1 is 0.974 bits per heavy atom. The summed E-state index contributed by atoms with van der Waals surface area (Å²) in [5, 5.41) is 0. The Hall–Kier alpha value is -4.07. The van der Waals surface area contributed by atoms with Gasteiger partial charge in [-0.3, -0.25) is 14.4 Å². The highest BCUT2D eigenvalue weighted by Gasteiger charge is 2.29. The fourth-order valence-corrected chi connectivity index (χ4v) is 4.63. The van der Waals surface area contributed by atoms with E-state index in [1.165, 1.54) is 4.90 Å². The van der Waals surface area contributed by atoms with Crippen molar-refractivity contribution in [1.29, 1.82) is 0 Å². The maximum absolute atomic E-state index is 14.5. The Kier molecular flexibility index (Phi) is 8.84. The number of hydrogen-bond donors (Lipinski definition) is 0. The predicted molar refractivity (Wildman–Crippen MR) is 139 cm³/mol. The number of likely N-dealkylation sites (tertiary alicyclic amines) is 1. The molecule has 0 aliphatic carbocycles. The summed E-state index contributed by atoms with van der Waals surface area (Å²) in [4.78, 5) is 41.8. The van der Waals surface area contributed by atoms with E-state index in [-0.39, 0.29) is 36.3 Å². The zero-order valence-corrected chi connectivity index (χ0v) is 21.2. The molecule has 2 amide bonds. The van der Waals surface area contributed by atoms with Crippen molar-refractivity contribution in [3.05, 3.63) is 101 Å². The van der Waals surface area contributed by atoms with Crippen LogP contribution in [0.15, 0.2) is 72.8 Å². The third-order valence-corrected chi connectivity index (χ3v) is 6.56. The molecule has 0 saturated carbocycles. The molecule has 1 unspecified atom stereocenters. The summed E-state index contributed by atoms with van der Waals surface area (Å²) in [5.74, 6) is -3.07. The lowest BCUT2D eigenvalue weighted by atomic mass is 9.97. The molecule has 0 N–H and O–H groups in total. The summed E-state index contributed by atoms with van der Waals surface area (Å²) in [6.45, 7) is 3.10. The van der Waals surface area contributed by atoms with Gasteiger partial charge in [0, 0.05) is 24.8 Å². The van der Waals surface area contributed by atoms with Crippen LogP contribution in [0.5, 0.6) is 0 Å². The predicted octanol–water partition coefficient (Wildman–Crippen LogP) is 5.16. The summed E-state index contributed by atoms with van der Waals surface area (Å²) in [5.41, 5.74) is 1.73. The van der Waals surface area contributed by atoms with Gasteiger partial charge in [0.2, 0.25) is 5.91 Å². The Bertz CT molecular complexity index is 1300. The van der Waals surface area contributed by atoms with Crippen molar-refractivity contribution in [2.45, 2.75) is 32.7 Å². The van der Waals surface area contributed by atoms with Gasteiger partial charge in [-0.2, -0.15) is 0 Å². The zero-order valence-electron chi connectivity index (χ0n) is 21.2. The van der Waals surface area contributed by atoms with Gasteiger partial charge in [0.1, 0.15) is 11.6 Å². The second-order valence-corrected chi connectivity index (χ2v) is 9.28. The van der Waals surface area contributed by atoms with E-state index < -0.39 is 17.5 Å². The first-order valence-corrected chi connectivity index (χ1v) is 12.7. The third-order valence-electron chi connectivity index (χ3n) is 6.56. The molecule has 6 nitrogen and oxygen atoms in total. The number of esters is 1. The number of anilines is 1. The summed E-state index contributed by atoms with van der Waals surface area (Å²) >= 11 is 0. The van der Waals surface area contributed by atoms with Gasteiger partial charge in [-0.05, 0) is 55.2 Å². The first kappa shape index (κ1) is 27.0. The molecule has 198 valence electrons. The Balaban J connectivity index is 1.56. The maximum Gasteiger partial charge on any atom is 0.310 e. The normalized spacial score (nSPS) is 15.1. The maximum atomic E-state index is 14.5. The number of carbonyl (C=O) groups excluding carboxylic acids is 3. The lowest BCUT2D eigenvalue weighted by Gasteiger charge is -2.31. The van der Waals surface area contributed by atoms with Crippen LogP contribution in [0.2, 0.25) is 0 Å². The third kappa shape index (κ3) is 6.62. The molecule has 1 aliphatic rings. The highest BCUT2D eigenvalue weighted by molar-refractivity contribution is 6.06. The molecular formula is C30H30F2N2O4. The highest BCUT2D eigenvalue weighted by Crippen LogP contribution is 2.25. The average molecular weight is 521 g/mol. The van der Waals surface area contributed by atoms with Gasteiger partial charge < -0.3 is 14.5 Å². The van der Waals surface area contributed by atoms with Crippen LogP contribution < -0.4 is 4.90 Å². The lowest BCUT2D eigenvalue weighted by molar-refractivity contribution is -0.151. The van der Waals surface area contributed by atoms with E-state index in [1.807, 2.05) is 30.3 Å². The number of benzene rings is 3. The number of ether oxygens (including phenoxy) is 1. The zero-order chi connectivity index (χ0) is 27.1. The van der Waals surface area contributed by atoms with Gasteiger partial charge in [-0.1, -0.05) is 42.5 Å². The van der Waals surface area contributed by atoms with E-state index in [0.717, 1.165) is 24.1 Å². The quantitative estimate of drug-likeness (QED) is 0.385. The second kappa shape index (κ2) is 12.4. The van der Waals surface area contributed by atoms with Crippen LogP contribution in [0, 0.1) is 17.6 Å². The Labute approximate surface area is 220 Å². The van der Waals surface area contributed by atoms with Crippen LogP contribution in [0.25, 0.3) is 0 Å². The largest absolute Gasteiger partial charge is 0.466 e. The molecule has 0 radical (unpaired) electrons. The van der Waals surface area contributed by atoms with Crippen molar-refractivity contribution < 1.29 is 27.9 Å². The topological polar surface area (TPSA) is 66.9 Å². The summed E-state index contributed by atoms with van der Waals surface area (Å²) < 4.78 is 33.2. The smallest absolute Gasteiger partial charge is 0.310 e. The van der Waals surface area contributed by atoms with Gasteiger partial charge in [0.25, 0.3) is 5.91 Å². The van der Waals surface area contributed by atoms with Gasteiger partial charge in [0.05, 0.1) is 31.1 Å². The first-order valence-electron chi connectivity index (χ1n) is 12.7. The second-order valence-electron chi connectivity index (χ2n) is 9.28. The molecule has 1 saturated heterocycles. The molecule has 0 spiro atoms. The van der Waals surface area contributed by atoms with Crippen molar-refractivity contribution in [3.63, 3.8) is 0 Å². The standard InChI is InChI=1S/C30H30F2N2O4/c1-2-38-30(37)23-11-7-15-33(20-23)28(35)17-22-10-6-12-25(16-22)34(19-21-8-4-3-5-9-21)29(36)26-14-13-24(31)18-27(26)32/h3-6,8-10,12-14,16,18,23H,2,7,11,15,17,19-20H2,1H3. The van der Waals surface area contributed by atoms with Gasteiger partial charge in [0.15, 0.2) is 0 Å². The van der Waals surface area contributed by atoms with E-state index in [0.29, 0.717) is 43.4 Å². The minimum atomic E-state index is -0.944. The van der Waals surface area contributed by atoms with E-state index >= 15 is 0 Å². The molecule has 8 heteroatoms.